The molecule has 0 aliphatic heterocycles. The summed E-state index contributed by atoms with van der Waals surface area (Å²) in [5.74, 6) is 0.0408. The Kier molecular flexibility index (Phi) is 4.87. The number of aromatic nitrogens is 1. The van der Waals surface area contributed by atoms with Crippen LogP contribution < -0.4 is 9.46 Å². The molecular weight excluding hydrogens is 295 g/mol. The Bertz CT molecular complexity index is 702. The molecule has 1 aromatic heterocycles. The second-order valence-corrected chi connectivity index (χ2v) is 5.93. The van der Waals surface area contributed by atoms with Crippen molar-refractivity contribution in [2.45, 2.75) is 18.4 Å². The first kappa shape index (κ1) is 15.4. The molecule has 0 aliphatic rings. The molecule has 0 amide bonds. The minimum absolute atomic E-state index is 0.0482. The highest BCUT2D eigenvalue weighted by atomic mass is 32.2. The van der Waals surface area contributed by atoms with Crippen LogP contribution in [0.2, 0.25) is 0 Å². The number of nitrogens with zero attached hydrogens (tertiary/aromatic N) is 1. The van der Waals surface area contributed by atoms with Gasteiger partial charge < -0.3 is 4.74 Å². The van der Waals surface area contributed by atoms with E-state index in [1.54, 1.807) is 12.1 Å². The van der Waals surface area contributed by atoms with Crippen molar-refractivity contribution in [1.29, 1.82) is 0 Å². The Morgan fingerprint density at radius 1 is 1.24 bits per heavy atom. The third-order valence-corrected chi connectivity index (χ3v) is 4.13. The van der Waals surface area contributed by atoms with Crippen LogP contribution in [0.1, 0.15) is 12.6 Å². The topological polar surface area (TPSA) is 68.3 Å². The minimum atomic E-state index is -3.72. The van der Waals surface area contributed by atoms with Crippen molar-refractivity contribution in [3.63, 3.8) is 0 Å². The fourth-order valence-corrected chi connectivity index (χ4v) is 2.66. The summed E-state index contributed by atoms with van der Waals surface area (Å²) in [6.07, 6.45) is 1.41. The lowest BCUT2D eigenvalue weighted by Gasteiger charge is -2.08. The molecule has 0 saturated carbocycles. The summed E-state index contributed by atoms with van der Waals surface area (Å²) in [6, 6.07) is 8.68. The van der Waals surface area contributed by atoms with E-state index in [0.29, 0.717) is 12.4 Å². The summed E-state index contributed by atoms with van der Waals surface area (Å²) >= 11 is 0. The molecule has 0 aliphatic carbocycles. The van der Waals surface area contributed by atoms with Gasteiger partial charge in [0.1, 0.15) is 11.6 Å². The lowest BCUT2D eigenvalue weighted by atomic mass is 10.3. The number of hydrogen-bond acceptors (Lipinski definition) is 4. The van der Waals surface area contributed by atoms with E-state index in [1.165, 1.54) is 30.5 Å². The molecule has 1 heterocycles. The Hall–Kier alpha value is -1.99. The van der Waals surface area contributed by atoms with Gasteiger partial charge in [0.25, 0.3) is 0 Å². The summed E-state index contributed by atoms with van der Waals surface area (Å²) in [6.45, 7) is 2.14. The predicted molar refractivity (Wildman–Crippen MR) is 75.8 cm³/mol. The lowest BCUT2D eigenvalue weighted by Crippen LogP contribution is -2.24. The van der Waals surface area contributed by atoms with E-state index in [1.807, 2.05) is 6.92 Å². The van der Waals surface area contributed by atoms with E-state index in [9.17, 15) is 12.8 Å². The number of halogens is 1. The van der Waals surface area contributed by atoms with Gasteiger partial charge >= 0.3 is 0 Å². The van der Waals surface area contributed by atoms with Crippen LogP contribution >= 0.6 is 0 Å². The smallest absolute Gasteiger partial charge is 0.240 e. The number of hydrogen-bond donors (Lipinski definition) is 1. The number of ether oxygens (including phenoxy) is 1. The van der Waals surface area contributed by atoms with Crippen LogP contribution in [0.5, 0.6) is 5.75 Å². The molecule has 0 unspecified atom stereocenters. The predicted octanol–water partition coefficient (Wildman–Crippen LogP) is 2.10. The van der Waals surface area contributed by atoms with Crippen LogP contribution in [0.4, 0.5) is 4.39 Å². The maximum atomic E-state index is 13.4. The molecule has 1 N–H and O–H groups in total. The van der Waals surface area contributed by atoms with Crippen molar-refractivity contribution < 1.29 is 17.5 Å². The fraction of sp³-hybridized carbons (Fsp3) is 0.214. The van der Waals surface area contributed by atoms with E-state index >= 15 is 0 Å². The summed E-state index contributed by atoms with van der Waals surface area (Å²) < 4.78 is 45.1. The van der Waals surface area contributed by atoms with Crippen molar-refractivity contribution >= 4 is 10.0 Å². The van der Waals surface area contributed by atoms with E-state index < -0.39 is 15.8 Å². The second-order valence-electron chi connectivity index (χ2n) is 4.16. The molecule has 0 fully saturated rings. The number of pyridine rings is 1. The van der Waals surface area contributed by atoms with Gasteiger partial charge in [0.15, 0.2) is 0 Å². The van der Waals surface area contributed by atoms with Crippen molar-refractivity contribution in [3.05, 3.63) is 54.1 Å². The zero-order valence-corrected chi connectivity index (χ0v) is 12.2. The van der Waals surface area contributed by atoms with Crippen molar-refractivity contribution in [2.24, 2.45) is 0 Å². The third-order valence-electron chi connectivity index (χ3n) is 2.71. The first-order valence-corrected chi connectivity index (χ1v) is 7.83. The van der Waals surface area contributed by atoms with Crippen molar-refractivity contribution in [2.75, 3.05) is 6.61 Å². The molecule has 0 radical (unpaired) electrons. The third kappa shape index (κ3) is 3.99. The lowest BCUT2D eigenvalue weighted by molar-refractivity contribution is 0.340. The van der Waals surface area contributed by atoms with Gasteiger partial charge in [-0.05, 0) is 43.3 Å². The Labute approximate surface area is 122 Å². The van der Waals surface area contributed by atoms with Gasteiger partial charge in [-0.15, -0.1) is 0 Å². The molecule has 2 aromatic rings. The standard InChI is InChI=1S/C14H15FN2O3S/c1-2-20-11-5-7-12(8-6-11)21(18,19)17-10-14-13(15)4-3-9-16-14/h3-9,17H,2,10H2,1H3. The average molecular weight is 310 g/mol. The van der Waals surface area contributed by atoms with Crippen molar-refractivity contribution in [3.8, 4) is 5.75 Å². The van der Waals surface area contributed by atoms with Crippen LogP contribution in [0, 0.1) is 5.82 Å². The van der Waals surface area contributed by atoms with Gasteiger partial charge in [0.05, 0.1) is 23.7 Å². The summed E-state index contributed by atoms with van der Waals surface area (Å²) in [7, 11) is -3.72. The van der Waals surface area contributed by atoms with E-state index in [0.717, 1.165) is 0 Å². The summed E-state index contributed by atoms with van der Waals surface area (Å²) in [5.41, 5.74) is 0.0482. The molecule has 0 saturated heterocycles. The van der Waals surface area contributed by atoms with Gasteiger partial charge in [-0.1, -0.05) is 0 Å². The largest absolute Gasteiger partial charge is 0.494 e. The van der Waals surface area contributed by atoms with Gasteiger partial charge in [-0.2, -0.15) is 0 Å². The minimum Gasteiger partial charge on any atom is -0.494 e. The Balaban J connectivity index is 2.09. The number of rotatable bonds is 6. The second kappa shape index (κ2) is 6.64. The Morgan fingerprint density at radius 3 is 2.57 bits per heavy atom. The molecule has 0 bridgehead atoms. The summed E-state index contributed by atoms with van der Waals surface area (Å²) in [4.78, 5) is 3.88. The first-order chi connectivity index (χ1) is 10.0. The molecule has 21 heavy (non-hydrogen) atoms. The Morgan fingerprint density at radius 2 is 1.95 bits per heavy atom. The average Bonchev–Trinajstić information content (AvgIpc) is 2.47. The highest BCUT2D eigenvalue weighted by molar-refractivity contribution is 7.89. The van der Waals surface area contributed by atoms with Crippen LogP contribution in [-0.4, -0.2) is 20.0 Å². The SMILES string of the molecule is CCOc1ccc(S(=O)(=O)NCc2ncccc2F)cc1. The molecular formula is C14H15FN2O3S. The van der Waals surface area contributed by atoms with E-state index in [-0.39, 0.29) is 17.1 Å². The summed E-state index contributed by atoms with van der Waals surface area (Å²) in [5, 5.41) is 0. The van der Waals surface area contributed by atoms with Gasteiger partial charge in [0.2, 0.25) is 10.0 Å². The van der Waals surface area contributed by atoms with E-state index in [2.05, 4.69) is 9.71 Å². The molecule has 0 atom stereocenters. The quantitative estimate of drug-likeness (QED) is 0.887. The monoisotopic (exact) mass is 310 g/mol. The van der Waals surface area contributed by atoms with Gasteiger partial charge in [-0.25, -0.2) is 17.5 Å². The van der Waals surface area contributed by atoms with Crippen LogP contribution in [0.25, 0.3) is 0 Å². The van der Waals surface area contributed by atoms with Crippen LogP contribution in [0.15, 0.2) is 47.5 Å². The first-order valence-electron chi connectivity index (χ1n) is 6.35. The van der Waals surface area contributed by atoms with Crippen LogP contribution in [0.3, 0.4) is 0 Å². The maximum absolute atomic E-state index is 13.4. The molecule has 0 spiro atoms. The van der Waals surface area contributed by atoms with E-state index in [4.69, 9.17) is 4.74 Å². The van der Waals surface area contributed by atoms with Crippen LogP contribution in [-0.2, 0) is 16.6 Å². The molecule has 2 rings (SSSR count). The normalized spacial score (nSPS) is 11.3. The number of nitrogens with one attached hydrogen (secondary N) is 1. The highest BCUT2D eigenvalue weighted by Crippen LogP contribution is 2.16. The van der Waals surface area contributed by atoms with Crippen molar-refractivity contribution in [1.82, 2.24) is 9.71 Å². The molecule has 112 valence electrons. The zero-order valence-electron chi connectivity index (χ0n) is 11.4. The number of sulfonamides is 1. The molecule has 7 heteroatoms. The zero-order chi connectivity index (χ0) is 15.3. The molecule has 5 nitrogen and oxygen atoms in total. The highest BCUT2D eigenvalue weighted by Gasteiger charge is 2.15. The number of benzene rings is 1. The maximum Gasteiger partial charge on any atom is 0.240 e. The van der Waals surface area contributed by atoms with Gasteiger partial charge in [0, 0.05) is 6.20 Å². The van der Waals surface area contributed by atoms with Gasteiger partial charge in [-0.3, -0.25) is 4.98 Å². The fourth-order valence-electron chi connectivity index (χ4n) is 1.68. The molecule has 1 aromatic carbocycles.